The number of carbonyl (C=O) groups is 1. The third-order valence-electron chi connectivity index (χ3n) is 1.54. The van der Waals surface area contributed by atoms with E-state index in [2.05, 4.69) is 9.64 Å². The fourth-order valence-electron chi connectivity index (χ4n) is 0.538. The number of nitrogens with zero attached hydrogens (tertiary/aromatic N) is 1. The summed E-state index contributed by atoms with van der Waals surface area (Å²) in [6.45, 7) is 8.75. The molecule has 0 aliphatic carbocycles. The summed E-state index contributed by atoms with van der Waals surface area (Å²) in [6, 6.07) is 1.08. The van der Waals surface area contributed by atoms with Crippen LogP contribution in [0.5, 0.6) is 0 Å². The van der Waals surface area contributed by atoms with Gasteiger partial charge in [-0.2, -0.15) is 0 Å². The third-order valence-corrected chi connectivity index (χ3v) is 1.54. The van der Waals surface area contributed by atoms with Gasteiger partial charge >= 0.3 is 0 Å². The van der Waals surface area contributed by atoms with Gasteiger partial charge in [0.2, 0.25) is 0 Å². The van der Waals surface area contributed by atoms with Crippen molar-refractivity contribution in [3.8, 4) is 0 Å². The number of hydrogen-bond acceptors (Lipinski definition) is 3. The van der Waals surface area contributed by atoms with Crippen molar-refractivity contribution >= 4 is 6.47 Å². The Bertz CT molecular complexity index is 139. The molecule has 2 heterocycles. The smallest absolute Gasteiger partial charge is 0.293 e. The van der Waals surface area contributed by atoms with Crippen LogP contribution >= 0.6 is 0 Å². The molecule has 0 atom stereocenters. The Kier molecular flexibility index (Phi) is 2.18. The average Bonchev–Trinajstić information content (AvgIpc) is 2.39. The fourth-order valence-corrected chi connectivity index (χ4v) is 0.538. The van der Waals surface area contributed by atoms with E-state index in [1.54, 1.807) is 0 Å². The van der Waals surface area contributed by atoms with Gasteiger partial charge in [-0.15, -0.1) is 0 Å². The molecule has 0 aromatic carbocycles. The van der Waals surface area contributed by atoms with E-state index in [9.17, 15) is 4.79 Å². The van der Waals surface area contributed by atoms with Gasteiger partial charge in [-0.25, -0.2) is 0 Å². The molecule has 2 saturated heterocycles. The molecule has 0 aromatic rings. The molecule has 2 aliphatic heterocycles. The normalized spacial score (nSPS) is 30.8. The van der Waals surface area contributed by atoms with E-state index in [4.69, 9.17) is 0 Å². The summed E-state index contributed by atoms with van der Waals surface area (Å²) in [5.41, 5.74) is -0.318. The first-order valence-electron chi connectivity index (χ1n) is 3.88. The minimum absolute atomic E-state index is 0.318. The molecule has 64 valence electrons. The summed E-state index contributed by atoms with van der Waals surface area (Å²) in [6.07, 6.45) is 0. The highest BCUT2D eigenvalue weighted by molar-refractivity contribution is 5.37. The topological polar surface area (TPSA) is 29.3 Å². The first-order chi connectivity index (χ1) is 5.03. The van der Waals surface area contributed by atoms with Gasteiger partial charge in [-0.05, 0) is 20.8 Å². The molecule has 11 heavy (non-hydrogen) atoms. The molecule has 0 amide bonds. The zero-order chi connectivity index (χ0) is 8.48. The van der Waals surface area contributed by atoms with E-state index in [0.717, 1.165) is 6.04 Å². The molecule has 0 N–H and O–H groups in total. The Labute approximate surface area is 67.3 Å². The number of fused-ring (bicyclic) bond motifs is 1. The van der Waals surface area contributed by atoms with Crippen molar-refractivity contribution in [2.75, 3.05) is 13.1 Å². The average molecular weight is 157 g/mol. The van der Waals surface area contributed by atoms with Gasteiger partial charge in [0.25, 0.3) is 6.47 Å². The maximum Gasteiger partial charge on any atom is 0.293 e. The minimum atomic E-state index is -0.318. The summed E-state index contributed by atoms with van der Waals surface area (Å²) < 4.78 is 4.55. The number of ether oxygens (including phenoxy) is 1. The lowest BCUT2D eigenvalue weighted by Crippen LogP contribution is -2.17. The van der Waals surface area contributed by atoms with Crippen molar-refractivity contribution in [2.45, 2.75) is 32.4 Å². The Morgan fingerprint density at radius 3 is 1.82 bits per heavy atom. The molecule has 2 aliphatic rings. The lowest BCUT2D eigenvalue weighted by Gasteiger charge is -2.14. The highest BCUT2D eigenvalue weighted by atomic mass is 16.5. The Hall–Kier alpha value is -0.570. The van der Waals surface area contributed by atoms with E-state index < -0.39 is 0 Å². The third kappa shape index (κ3) is 3.98. The SMILES string of the molecule is C1C2CN12.CC(C)(C)OC=O. The quantitative estimate of drug-likeness (QED) is 0.413. The zero-order valence-electron chi connectivity index (χ0n) is 7.33. The summed E-state index contributed by atoms with van der Waals surface area (Å²) in [4.78, 5) is 12.0. The van der Waals surface area contributed by atoms with Crippen LogP contribution in [0, 0.1) is 0 Å². The van der Waals surface area contributed by atoms with Gasteiger partial charge in [0.1, 0.15) is 5.60 Å². The number of carbonyl (C=O) groups excluding carboxylic acids is 1. The Morgan fingerprint density at radius 2 is 1.82 bits per heavy atom. The molecule has 3 nitrogen and oxygen atoms in total. The molecule has 0 spiro atoms. The van der Waals surface area contributed by atoms with E-state index in [1.807, 2.05) is 20.8 Å². The van der Waals surface area contributed by atoms with Gasteiger partial charge in [0.05, 0.1) is 0 Å². The van der Waals surface area contributed by atoms with Crippen molar-refractivity contribution in [3.05, 3.63) is 0 Å². The van der Waals surface area contributed by atoms with Crippen LogP contribution in [-0.2, 0) is 9.53 Å². The summed E-state index contributed by atoms with van der Waals surface area (Å²) in [5.74, 6) is 0. The molecule has 0 unspecified atom stereocenters. The summed E-state index contributed by atoms with van der Waals surface area (Å²) in [5, 5.41) is 0. The van der Waals surface area contributed by atoms with Gasteiger partial charge < -0.3 is 4.74 Å². The molecule has 0 saturated carbocycles. The highest BCUT2D eigenvalue weighted by Gasteiger charge is 2.49. The van der Waals surface area contributed by atoms with E-state index in [0.29, 0.717) is 6.47 Å². The standard InChI is InChI=1S/C5H10O2.C3H5N/c1-5(2,3)7-4-6;1-3-2-4(1)3/h4H,1-3H3;3H,1-2H2. The number of hydrogen-bond donors (Lipinski definition) is 0. The molecular weight excluding hydrogens is 142 g/mol. The van der Waals surface area contributed by atoms with Crippen molar-refractivity contribution in [3.63, 3.8) is 0 Å². The second kappa shape index (κ2) is 2.81. The van der Waals surface area contributed by atoms with Crippen LogP contribution in [0.15, 0.2) is 0 Å². The molecule has 0 radical (unpaired) electrons. The second-order valence-corrected chi connectivity index (χ2v) is 3.93. The first-order valence-corrected chi connectivity index (χ1v) is 3.88. The molecule has 0 aromatic heterocycles. The van der Waals surface area contributed by atoms with Gasteiger partial charge in [0, 0.05) is 19.1 Å². The van der Waals surface area contributed by atoms with Crippen LogP contribution in [-0.4, -0.2) is 36.1 Å². The maximum atomic E-state index is 9.60. The van der Waals surface area contributed by atoms with Crippen molar-refractivity contribution in [1.29, 1.82) is 0 Å². The van der Waals surface area contributed by atoms with E-state index in [-0.39, 0.29) is 5.60 Å². The largest absolute Gasteiger partial charge is 0.462 e. The molecular formula is C8H15NO2. The number of rotatable bonds is 1. The van der Waals surface area contributed by atoms with Gasteiger partial charge in [-0.3, -0.25) is 9.69 Å². The molecule has 0 bridgehead atoms. The van der Waals surface area contributed by atoms with Crippen molar-refractivity contribution < 1.29 is 9.53 Å². The fraction of sp³-hybridized carbons (Fsp3) is 0.875. The molecule has 3 heteroatoms. The minimum Gasteiger partial charge on any atom is -0.462 e. The van der Waals surface area contributed by atoms with E-state index in [1.165, 1.54) is 13.1 Å². The maximum absolute atomic E-state index is 9.60. The monoisotopic (exact) mass is 157 g/mol. The summed E-state index contributed by atoms with van der Waals surface area (Å²) in [7, 11) is 0. The van der Waals surface area contributed by atoms with Gasteiger partial charge in [-0.1, -0.05) is 0 Å². The molecule has 2 rings (SSSR count). The van der Waals surface area contributed by atoms with E-state index >= 15 is 0 Å². The lowest BCUT2D eigenvalue weighted by molar-refractivity contribution is -0.138. The zero-order valence-corrected chi connectivity index (χ0v) is 7.33. The van der Waals surface area contributed by atoms with Crippen LogP contribution < -0.4 is 0 Å². The molecule has 2 fully saturated rings. The predicted octanol–water partition coefficient (Wildman–Crippen LogP) is 0.642. The lowest BCUT2D eigenvalue weighted by atomic mass is 10.2. The summed E-state index contributed by atoms with van der Waals surface area (Å²) >= 11 is 0. The van der Waals surface area contributed by atoms with Crippen LogP contribution in [0.25, 0.3) is 0 Å². The van der Waals surface area contributed by atoms with Crippen LogP contribution in [0.2, 0.25) is 0 Å². The first kappa shape index (κ1) is 8.53. The van der Waals surface area contributed by atoms with Crippen LogP contribution in [0.4, 0.5) is 0 Å². The van der Waals surface area contributed by atoms with Crippen LogP contribution in [0.1, 0.15) is 20.8 Å². The van der Waals surface area contributed by atoms with Crippen LogP contribution in [0.3, 0.4) is 0 Å². The van der Waals surface area contributed by atoms with Gasteiger partial charge in [0.15, 0.2) is 0 Å². The Balaban J connectivity index is 0.000000122. The van der Waals surface area contributed by atoms with Crippen molar-refractivity contribution in [2.24, 2.45) is 0 Å². The second-order valence-electron chi connectivity index (χ2n) is 3.93. The Morgan fingerprint density at radius 1 is 1.45 bits per heavy atom. The predicted molar refractivity (Wildman–Crippen MR) is 42.3 cm³/mol. The highest BCUT2D eigenvalue weighted by Crippen LogP contribution is 2.32. The van der Waals surface area contributed by atoms with Crippen molar-refractivity contribution in [1.82, 2.24) is 4.90 Å².